The van der Waals surface area contributed by atoms with Crippen LogP contribution in [0.4, 0.5) is 19.1 Å². The molecular weight excluding hydrogens is 297 g/mol. The van der Waals surface area contributed by atoms with Crippen molar-refractivity contribution in [3.8, 4) is 0 Å². The molecule has 2 heterocycles. The standard InChI is InChI=1S/C10H9F3N4O4/c11-10(12,13)5-2-7(19)17(14)9(15-5)16-3-4(8(20)21)1-6(16)18/h2,4H,1,3,14H2,(H,20,21). The van der Waals surface area contributed by atoms with Crippen LogP contribution in [-0.2, 0) is 15.8 Å². The third kappa shape index (κ3) is 2.66. The number of hydrogen-bond donors (Lipinski definition) is 2. The largest absolute Gasteiger partial charge is 0.481 e. The molecule has 1 fully saturated rings. The Bertz CT molecular complexity index is 669. The first-order chi connectivity index (χ1) is 9.61. The Kier molecular flexibility index (Phi) is 3.35. The van der Waals surface area contributed by atoms with E-state index in [0.29, 0.717) is 4.90 Å². The maximum absolute atomic E-state index is 12.6. The lowest BCUT2D eigenvalue weighted by molar-refractivity contribution is -0.142. The first-order valence-electron chi connectivity index (χ1n) is 5.61. The molecule has 3 N–H and O–H groups in total. The van der Waals surface area contributed by atoms with E-state index < -0.39 is 54.1 Å². The quantitative estimate of drug-likeness (QED) is 0.705. The minimum atomic E-state index is -4.89. The summed E-state index contributed by atoms with van der Waals surface area (Å²) < 4.78 is 38.1. The summed E-state index contributed by atoms with van der Waals surface area (Å²) in [5, 5.41) is 8.82. The normalized spacial score (nSPS) is 19.1. The van der Waals surface area contributed by atoms with Crippen molar-refractivity contribution in [2.75, 3.05) is 17.3 Å². The number of nitrogens with two attached hydrogens (primary N) is 1. The fraction of sp³-hybridized carbons (Fsp3) is 0.400. The second-order valence-corrected chi connectivity index (χ2v) is 4.39. The average Bonchev–Trinajstić information content (AvgIpc) is 2.73. The van der Waals surface area contributed by atoms with Crippen molar-refractivity contribution in [2.24, 2.45) is 5.92 Å². The van der Waals surface area contributed by atoms with Crippen LogP contribution < -0.4 is 16.3 Å². The van der Waals surface area contributed by atoms with Crippen LogP contribution in [-0.4, -0.2) is 33.2 Å². The van der Waals surface area contributed by atoms with Crippen molar-refractivity contribution in [1.29, 1.82) is 0 Å². The van der Waals surface area contributed by atoms with E-state index in [1.807, 2.05) is 0 Å². The van der Waals surface area contributed by atoms with Gasteiger partial charge in [-0.05, 0) is 0 Å². The van der Waals surface area contributed by atoms with Crippen LogP contribution in [0.15, 0.2) is 10.9 Å². The van der Waals surface area contributed by atoms with Crippen molar-refractivity contribution in [3.05, 3.63) is 22.1 Å². The van der Waals surface area contributed by atoms with Gasteiger partial charge in [-0.1, -0.05) is 0 Å². The third-order valence-corrected chi connectivity index (χ3v) is 2.94. The molecule has 0 aliphatic carbocycles. The minimum absolute atomic E-state index is 0.193. The SMILES string of the molecule is Nn1c(N2CC(C(=O)O)CC2=O)nc(C(F)(F)F)cc1=O. The molecule has 0 aromatic carbocycles. The summed E-state index contributed by atoms with van der Waals surface area (Å²) in [4.78, 5) is 37.8. The van der Waals surface area contributed by atoms with Gasteiger partial charge in [-0.25, -0.2) is 4.98 Å². The highest BCUT2D eigenvalue weighted by molar-refractivity contribution is 5.97. The van der Waals surface area contributed by atoms with E-state index in [0.717, 1.165) is 0 Å². The fourth-order valence-corrected chi connectivity index (χ4v) is 1.88. The number of carboxylic acid groups (broad SMARTS) is 1. The molecule has 1 aliphatic rings. The van der Waals surface area contributed by atoms with Crippen LogP contribution in [0.3, 0.4) is 0 Å². The Morgan fingerprint density at radius 1 is 1.43 bits per heavy atom. The number of aromatic nitrogens is 2. The second kappa shape index (κ2) is 4.75. The Morgan fingerprint density at radius 3 is 2.52 bits per heavy atom. The van der Waals surface area contributed by atoms with Crippen LogP contribution in [0.1, 0.15) is 12.1 Å². The molecule has 1 atom stereocenters. The number of carbonyl (C=O) groups excluding carboxylic acids is 1. The van der Waals surface area contributed by atoms with Gasteiger partial charge in [0.2, 0.25) is 11.9 Å². The molecule has 1 aromatic heterocycles. The van der Waals surface area contributed by atoms with E-state index in [4.69, 9.17) is 10.9 Å². The molecule has 2 rings (SSSR count). The number of amides is 1. The number of anilines is 1. The van der Waals surface area contributed by atoms with E-state index in [2.05, 4.69) is 4.98 Å². The molecule has 1 aromatic rings. The number of nitrogens with zero attached hydrogens (tertiary/aromatic N) is 3. The molecule has 0 spiro atoms. The summed E-state index contributed by atoms with van der Waals surface area (Å²) in [6.07, 6.45) is -5.29. The molecular formula is C10H9F3N4O4. The number of aliphatic carboxylic acids is 1. The van der Waals surface area contributed by atoms with Crippen LogP contribution in [0, 0.1) is 5.92 Å². The average molecular weight is 306 g/mol. The van der Waals surface area contributed by atoms with Gasteiger partial charge in [0.1, 0.15) is 0 Å². The van der Waals surface area contributed by atoms with E-state index in [9.17, 15) is 27.6 Å². The van der Waals surface area contributed by atoms with Gasteiger partial charge in [0, 0.05) is 19.0 Å². The van der Waals surface area contributed by atoms with E-state index in [1.165, 1.54) is 0 Å². The molecule has 1 amide bonds. The zero-order chi connectivity index (χ0) is 15.9. The molecule has 1 aliphatic heterocycles. The van der Waals surface area contributed by atoms with Gasteiger partial charge < -0.3 is 10.9 Å². The number of rotatable bonds is 2. The first kappa shape index (κ1) is 14.8. The number of nitrogen functional groups attached to an aromatic ring is 1. The predicted molar refractivity (Wildman–Crippen MR) is 61.7 cm³/mol. The van der Waals surface area contributed by atoms with Gasteiger partial charge in [-0.15, -0.1) is 0 Å². The predicted octanol–water partition coefficient (Wildman–Crippen LogP) is -0.587. The van der Waals surface area contributed by atoms with Crippen LogP contribution >= 0.6 is 0 Å². The second-order valence-electron chi connectivity index (χ2n) is 4.39. The van der Waals surface area contributed by atoms with Crippen molar-refractivity contribution in [1.82, 2.24) is 9.66 Å². The summed E-state index contributed by atoms with van der Waals surface area (Å²) in [5.74, 6) is 1.42. The molecule has 1 unspecified atom stereocenters. The Hall–Kier alpha value is -2.59. The van der Waals surface area contributed by atoms with Gasteiger partial charge in [0.25, 0.3) is 5.56 Å². The van der Waals surface area contributed by atoms with Gasteiger partial charge in [-0.3, -0.25) is 19.3 Å². The van der Waals surface area contributed by atoms with E-state index >= 15 is 0 Å². The highest BCUT2D eigenvalue weighted by atomic mass is 19.4. The fourth-order valence-electron chi connectivity index (χ4n) is 1.88. The van der Waals surface area contributed by atoms with Gasteiger partial charge in [0.15, 0.2) is 5.69 Å². The molecule has 1 saturated heterocycles. The van der Waals surface area contributed by atoms with Crippen molar-refractivity contribution >= 4 is 17.8 Å². The lowest BCUT2D eigenvalue weighted by Crippen LogP contribution is -2.39. The number of carbonyl (C=O) groups is 2. The summed E-state index contributed by atoms with van der Waals surface area (Å²) in [6, 6.07) is 0.193. The number of hydrogen-bond acceptors (Lipinski definition) is 5. The zero-order valence-electron chi connectivity index (χ0n) is 10.3. The topological polar surface area (TPSA) is 119 Å². The molecule has 114 valence electrons. The number of halogens is 3. The molecule has 11 heteroatoms. The molecule has 21 heavy (non-hydrogen) atoms. The lowest BCUT2D eigenvalue weighted by Gasteiger charge is -2.18. The highest BCUT2D eigenvalue weighted by Gasteiger charge is 2.39. The Labute approximate surface area is 114 Å². The van der Waals surface area contributed by atoms with Crippen LogP contribution in [0.25, 0.3) is 0 Å². The summed E-state index contributed by atoms with van der Waals surface area (Å²) >= 11 is 0. The van der Waals surface area contributed by atoms with Gasteiger partial charge in [-0.2, -0.15) is 17.8 Å². The smallest absolute Gasteiger partial charge is 0.433 e. The van der Waals surface area contributed by atoms with Crippen molar-refractivity contribution in [3.63, 3.8) is 0 Å². The first-order valence-corrected chi connectivity index (χ1v) is 5.61. The third-order valence-electron chi connectivity index (χ3n) is 2.94. The maximum atomic E-state index is 12.6. The van der Waals surface area contributed by atoms with E-state index in [1.54, 1.807) is 0 Å². The Morgan fingerprint density at radius 2 is 2.05 bits per heavy atom. The minimum Gasteiger partial charge on any atom is -0.481 e. The Balaban J connectivity index is 2.49. The van der Waals surface area contributed by atoms with E-state index in [-0.39, 0.29) is 10.7 Å². The molecule has 0 radical (unpaired) electrons. The number of carboxylic acids is 1. The van der Waals surface area contributed by atoms with Crippen LogP contribution in [0.5, 0.6) is 0 Å². The monoisotopic (exact) mass is 306 g/mol. The summed E-state index contributed by atoms with van der Waals surface area (Å²) in [6.45, 7) is -0.404. The van der Waals surface area contributed by atoms with Gasteiger partial charge in [0.05, 0.1) is 5.92 Å². The molecule has 8 nitrogen and oxygen atoms in total. The summed E-state index contributed by atoms with van der Waals surface area (Å²) in [5.41, 5.74) is -2.71. The summed E-state index contributed by atoms with van der Waals surface area (Å²) in [7, 11) is 0. The maximum Gasteiger partial charge on any atom is 0.433 e. The lowest BCUT2D eigenvalue weighted by atomic mass is 10.1. The molecule has 0 saturated carbocycles. The highest BCUT2D eigenvalue weighted by Crippen LogP contribution is 2.29. The van der Waals surface area contributed by atoms with Crippen molar-refractivity contribution < 1.29 is 27.9 Å². The van der Waals surface area contributed by atoms with Crippen molar-refractivity contribution in [2.45, 2.75) is 12.6 Å². The van der Waals surface area contributed by atoms with Crippen LogP contribution in [0.2, 0.25) is 0 Å². The zero-order valence-corrected chi connectivity index (χ0v) is 10.3. The molecule has 0 bridgehead atoms. The van der Waals surface area contributed by atoms with Gasteiger partial charge >= 0.3 is 12.1 Å². The number of alkyl halides is 3.